The molecule has 3 aromatic rings. The summed E-state index contributed by atoms with van der Waals surface area (Å²) in [6.07, 6.45) is 1.76. The van der Waals surface area contributed by atoms with Gasteiger partial charge in [-0.3, -0.25) is 0 Å². The van der Waals surface area contributed by atoms with Gasteiger partial charge >= 0.3 is 5.97 Å². The molecule has 0 N–H and O–H groups in total. The second-order valence-electron chi connectivity index (χ2n) is 6.20. The second-order valence-corrected chi connectivity index (χ2v) is 7.11. The van der Waals surface area contributed by atoms with Crippen LogP contribution >= 0.6 is 15.9 Å². The monoisotopic (exact) mass is 433 g/mol. The van der Waals surface area contributed by atoms with Crippen molar-refractivity contribution in [2.24, 2.45) is 5.16 Å². The van der Waals surface area contributed by atoms with E-state index in [0.29, 0.717) is 23.6 Å². The highest BCUT2D eigenvalue weighted by Crippen LogP contribution is 2.26. The van der Waals surface area contributed by atoms with Crippen LogP contribution in [0.5, 0.6) is 5.75 Å². The molecule has 0 fully saturated rings. The van der Waals surface area contributed by atoms with Gasteiger partial charge in [0.1, 0.15) is 18.1 Å². The van der Waals surface area contributed by atoms with Crippen LogP contribution in [0.1, 0.15) is 16.7 Å². The third-order valence-corrected chi connectivity index (χ3v) is 4.80. The van der Waals surface area contributed by atoms with Crippen LogP contribution in [0.15, 0.2) is 94.1 Å². The Labute approximate surface area is 171 Å². The molecule has 0 bridgehead atoms. The van der Waals surface area contributed by atoms with E-state index in [1.54, 1.807) is 6.08 Å². The Kier molecular flexibility index (Phi) is 5.35. The molecule has 4 nitrogen and oxygen atoms in total. The van der Waals surface area contributed by atoms with Crippen LogP contribution in [0.25, 0.3) is 6.08 Å². The smallest absolute Gasteiger partial charge is 0.368 e. The third-order valence-electron chi connectivity index (χ3n) is 4.27. The van der Waals surface area contributed by atoms with Crippen molar-refractivity contribution in [3.8, 4) is 5.75 Å². The van der Waals surface area contributed by atoms with Gasteiger partial charge in [0.25, 0.3) is 0 Å². The Morgan fingerprint density at radius 1 is 0.929 bits per heavy atom. The van der Waals surface area contributed by atoms with Crippen molar-refractivity contribution in [3.63, 3.8) is 0 Å². The summed E-state index contributed by atoms with van der Waals surface area (Å²) >= 11 is 3.43. The van der Waals surface area contributed by atoms with Crippen molar-refractivity contribution in [1.82, 2.24) is 0 Å². The molecule has 0 radical (unpaired) electrons. The molecule has 3 aromatic carbocycles. The third kappa shape index (κ3) is 4.05. The van der Waals surface area contributed by atoms with Crippen LogP contribution < -0.4 is 4.74 Å². The molecular formula is C23H16BrNO3. The van der Waals surface area contributed by atoms with Gasteiger partial charge in [0, 0.05) is 15.6 Å². The van der Waals surface area contributed by atoms with Gasteiger partial charge in [-0.25, -0.2) is 4.79 Å². The Morgan fingerprint density at radius 3 is 2.43 bits per heavy atom. The summed E-state index contributed by atoms with van der Waals surface area (Å²) in [6, 6.07) is 25.0. The lowest BCUT2D eigenvalue weighted by atomic mass is 10.0. The molecule has 0 saturated heterocycles. The maximum absolute atomic E-state index is 12.2. The molecule has 5 heteroatoms. The molecular weight excluding hydrogens is 418 g/mol. The average Bonchev–Trinajstić information content (AvgIpc) is 3.09. The number of carbonyl (C=O) groups is 1. The first-order chi connectivity index (χ1) is 13.7. The molecule has 0 amide bonds. The van der Waals surface area contributed by atoms with Crippen molar-refractivity contribution >= 4 is 33.7 Å². The Morgan fingerprint density at radius 2 is 1.64 bits per heavy atom. The molecule has 4 rings (SSSR count). The number of nitrogens with zero attached hydrogens (tertiary/aromatic N) is 1. The van der Waals surface area contributed by atoms with Gasteiger partial charge in [0.2, 0.25) is 0 Å². The molecule has 1 heterocycles. The topological polar surface area (TPSA) is 47.9 Å². The van der Waals surface area contributed by atoms with Crippen molar-refractivity contribution in [2.75, 3.05) is 0 Å². The largest absolute Gasteiger partial charge is 0.488 e. The summed E-state index contributed by atoms with van der Waals surface area (Å²) in [5.74, 6) is 0.214. The first-order valence-corrected chi connectivity index (χ1v) is 9.53. The molecule has 0 saturated carbocycles. The number of carbonyl (C=O) groups excluding carboxylic acids is 1. The van der Waals surface area contributed by atoms with Crippen molar-refractivity contribution in [3.05, 3.63) is 106 Å². The fourth-order valence-electron chi connectivity index (χ4n) is 2.84. The van der Waals surface area contributed by atoms with E-state index in [2.05, 4.69) is 21.1 Å². The van der Waals surface area contributed by atoms with Crippen LogP contribution in [0.2, 0.25) is 0 Å². The fraction of sp³-hybridized carbons (Fsp3) is 0.0435. The molecule has 0 aliphatic carbocycles. The van der Waals surface area contributed by atoms with E-state index in [-0.39, 0.29) is 0 Å². The summed E-state index contributed by atoms with van der Waals surface area (Å²) in [6.45, 7) is 0.428. The summed E-state index contributed by atoms with van der Waals surface area (Å²) in [7, 11) is 0. The van der Waals surface area contributed by atoms with Gasteiger partial charge < -0.3 is 9.57 Å². The molecule has 1 aliphatic heterocycles. The van der Waals surface area contributed by atoms with Gasteiger partial charge in [0.15, 0.2) is 0 Å². The summed E-state index contributed by atoms with van der Waals surface area (Å²) in [5.41, 5.74) is 3.60. The zero-order chi connectivity index (χ0) is 19.3. The maximum atomic E-state index is 12.2. The van der Waals surface area contributed by atoms with Crippen LogP contribution in [0.4, 0.5) is 0 Å². The lowest BCUT2D eigenvalue weighted by Gasteiger charge is -2.10. The van der Waals surface area contributed by atoms with Crippen molar-refractivity contribution < 1.29 is 14.4 Å². The highest BCUT2D eigenvalue weighted by Gasteiger charge is 2.27. The van der Waals surface area contributed by atoms with Gasteiger partial charge in [-0.15, -0.1) is 0 Å². The molecule has 0 aromatic heterocycles. The van der Waals surface area contributed by atoms with Gasteiger partial charge in [-0.1, -0.05) is 81.7 Å². The molecule has 28 heavy (non-hydrogen) atoms. The van der Waals surface area contributed by atoms with Crippen LogP contribution in [-0.2, 0) is 16.2 Å². The fourth-order valence-corrected chi connectivity index (χ4v) is 3.11. The van der Waals surface area contributed by atoms with E-state index in [1.165, 1.54) is 0 Å². The van der Waals surface area contributed by atoms with Gasteiger partial charge in [0.05, 0.1) is 5.57 Å². The van der Waals surface area contributed by atoms with Gasteiger partial charge in [-0.2, -0.15) is 0 Å². The molecule has 0 spiro atoms. The molecule has 0 atom stereocenters. The highest BCUT2D eigenvalue weighted by atomic mass is 79.9. The number of rotatable bonds is 5. The SMILES string of the molecule is O=C1ON=C(c2ccccc2)C1=Cc1ccccc1OCc1ccc(Br)cc1. The van der Waals surface area contributed by atoms with Crippen molar-refractivity contribution in [2.45, 2.75) is 6.61 Å². The summed E-state index contributed by atoms with van der Waals surface area (Å²) in [5, 5.41) is 3.95. The molecule has 0 unspecified atom stereocenters. The number of benzene rings is 3. The normalized spacial score (nSPS) is 14.7. The van der Waals surface area contributed by atoms with E-state index in [9.17, 15) is 4.79 Å². The molecule has 1 aliphatic rings. The van der Waals surface area contributed by atoms with Gasteiger partial charge in [-0.05, 0) is 29.8 Å². The number of halogens is 1. The number of ether oxygens (including phenoxy) is 1. The minimum atomic E-state index is -0.471. The molecule has 138 valence electrons. The predicted molar refractivity (Wildman–Crippen MR) is 112 cm³/mol. The predicted octanol–water partition coefficient (Wildman–Crippen LogP) is 5.37. The van der Waals surface area contributed by atoms with Crippen LogP contribution in [0, 0.1) is 0 Å². The Bertz CT molecular complexity index is 1060. The summed E-state index contributed by atoms with van der Waals surface area (Å²) < 4.78 is 7.02. The zero-order valence-corrected chi connectivity index (χ0v) is 16.4. The maximum Gasteiger partial charge on any atom is 0.368 e. The lowest BCUT2D eigenvalue weighted by Crippen LogP contribution is -2.07. The van der Waals surface area contributed by atoms with E-state index in [0.717, 1.165) is 21.2 Å². The lowest BCUT2D eigenvalue weighted by molar-refractivity contribution is -0.136. The van der Waals surface area contributed by atoms with E-state index in [1.807, 2.05) is 78.9 Å². The van der Waals surface area contributed by atoms with Crippen LogP contribution in [0.3, 0.4) is 0 Å². The number of para-hydroxylation sites is 1. The quantitative estimate of drug-likeness (QED) is 0.401. The van der Waals surface area contributed by atoms with Crippen molar-refractivity contribution in [1.29, 1.82) is 0 Å². The number of hydrogen-bond donors (Lipinski definition) is 0. The standard InChI is InChI=1S/C23H16BrNO3/c24-19-12-10-16(11-13-19)15-27-21-9-5-4-8-18(21)14-20-22(25-28-23(20)26)17-6-2-1-3-7-17/h1-14H,15H2. The zero-order valence-electron chi connectivity index (χ0n) is 14.8. The Hall–Kier alpha value is -3.18. The van der Waals surface area contributed by atoms with Crippen LogP contribution in [-0.4, -0.2) is 11.7 Å². The van der Waals surface area contributed by atoms with E-state index >= 15 is 0 Å². The minimum absolute atomic E-state index is 0.408. The summed E-state index contributed by atoms with van der Waals surface area (Å²) in [4.78, 5) is 17.2. The number of oxime groups is 1. The average molecular weight is 434 g/mol. The van der Waals surface area contributed by atoms with E-state index in [4.69, 9.17) is 9.57 Å². The minimum Gasteiger partial charge on any atom is -0.488 e. The first-order valence-electron chi connectivity index (χ1n) is 8.74. The second kappa shape index (κ2) is 8.23. The first kappa shape index (κ1) is 18.2. The Balaban J connectivity index is 1.61. The van der Waals surface area contributed by atoms with E-state index < -0.39 is 5.97 Å². The highest BCUT2D eigenvalue weighted by molar-refractivity contribution is 9.10. The number of hydrogen-bond acceptors (Lipinski definition) is 4.